The van der Waals surface area contributed by atoms with Gasteiger partial charge in [-0.2, -0.15) is 0 Å². The molecule has 2 aliphatic heterocycles. The molecule has 17 heavy (non-hydrogen) atoms. The number of amides is 2. The minimum Gasteiger partial charge on any atom is -0.381 e. The van der Waals surface area contributed by atoms with Crippen LogP contribution in [0.1, 0.15) is 6.42 Å². The summed E-state index contributed by atoms with van der Waals surface area (Å²) in [4.78, 5) is 24.5. The van der Waals surface area contributed by atoms with Crippen molar-refractivity contribution in [2.45, 2.75) is 12.5 Å². The molecule has 0 radical (unpaired) electrons. The van der Waals surface area contributed by atoms with Crippen molar-refractivity contribution >= 4 is 11.8 Å². The Morgan fingerprint density at radius 3 is 2.59 bits per heavy atom. The maximum atomic E-state index is 11.6. The molecule has 2 amide bonds. The first-order chi connectivity index (χ1) is 8.22. The molecule has 0 bridgehead atoms. The van der Waals surface area contributed by atoms with Gasteiger partial charge in [-0.3, -0.25) is 14.5 Å². The Bertz CT molecular complexity index is 286. The van der Waals surface area contributed by atoms with Gasteiger partial charge >= 0.3 is 0 Å². The zero-order valence-electron chi connectivity index (χ0n) is 9.98. The Kier molecular flexibility index (Phi) is 4.09. The Balaban J connectivity index is 1.96. The zero-order chi connectivity index (χ0) is 12.3. The fourth-order valence-corrected chi connectivity index (χ4v) is 2.27. The highest BCUT2D eigenvalue weighted by Gasteiger charge is 2.32. The summed E-state index contributed by atoms with van der Waals surface area (Å²) in [5.41, 5.74) is 0. The van der Waals surface area contributed by atoms with E-state index >= 15 is 0 Å². The van der Waals surface area contributed by atoms with Gasteiger partial charge in [0.15, 0.2) is 0 Å². The highest BCUT2D eigenvalue weighted by molar-refractivity contribution is 5.98. The van der Waals surface area contributed by atoms with Crippen LogP contribution in [0.2, 0.25) is 0 Å². The number of hydrogen-bond donors (Lipinski definition) is 1. The van der Waals surface area contributed by atoms with E-state index in [4.69, 9.17) is 9.47 Å². The third kappa shape index (κ3) is 2.83. The number of likely N-dealkylation sites (N-methyl/N-ethyl adjacent to an activating group) is 1. The number of nitrogens with zero attached hydrogens (tertiary/aromatic N) is 1. The molecule has 0 aromatic rings. The summed E-state index contributed by atoms with van der Waals surface area (Å²) in [6.45, 7) is 1.87. The second-order valence-corrected chi connectivity index (χ2v) is 4.41. The van der Waals surface area contributed by atoms with Crippen LogP contribution in [0.15, 0.2) is 0 Å². The zero-order valence-corrected chi connectivity index (χ0v) is 9.98. The van der Waals surface area contributed by atoms with Crippen LogP contribution in [-0.4, -0.2) is 62.8 Å². The second kappa shape index (κ2) is 5.57. The number of carbonyl (C=O) groups is 2. The Morgan fingerprint density at radius 1 is 1.35 bits per heavy atom. The Morgan fingerprint density at radius 2 is 2.06 bits per heavy atom. The van der Waals surface area contributed by atoms with Gasteiger partial charge < -0.3 is 14.8 Å². The summed E-state index contributed by atoms with van der Waals surface area (Å²) in [5.74, 6) is -0.135. The molecule has 0 spiro atoms. The number of ether oxygens (including phenoxy) is 2. The predicted molar refractivity (Wildman–Crippen MR) is 59.3 cm³/mol. The van der Waals surface area contributed by atoms with Crippen LogP contribution in [0, 0.1) is 5.92 Å². The minimum absolute atomic E-state index is 0.00331. The molecule has 2 atom stereocenters. The molecule has 2 unspecified atom stereocenters. The Hall–Kier alpha value is -0.980. The molecule has 0 aromatic heterocycles. The number of hydrogen-bond acceptors (Lipinski definition) is 5. The fourth-order valence-electron chi connectivity index (χ4n) is 2.27. The van der Waals surface area contributed by atoms with Crippen molar-refractivity contribution in [1.29, 1.82) is 0 Å². The van der Waals surface area contributed by atoms with Gasteiger partial charge in [0.2, 0.25) is 0 Å². The molecule has 6 nitrogen and oxygen atoms in total. The van der Waals surface area contributed by atoms with E-state index in [1.807, 2.05) is 7.05 Å². The van der Waals surface area contributed by atoms with Crippen molar-refractivity contribution in [1.82, 2.24) is 10.2 Å². The molecule has 2 aliphatic rings. The average Bonchev–Trinajstić information content (AvgIpc) is 2.82. The standard InChI is InChI=1S/C11H18N2O4/c1-12-9(8-2-3-16-5-8)4-13-10(14)6-17-7-11(13)15/h8-9,12H,2-7H2,1H3. The number of rotatable bonds is 4. The van der Waals surface area contributed by atoms with E-state index < -0.39 is 0 Å². The van der Waals surface area contributed by atoms with Gasteiger partial charge in [0, 0.05) is 25.1 Å². The van der Waals surface area contributed by atoms with Gasteiger partial charge in [-0.25, -0.2) is 0 Å². The van der Waals surface area contributed by atoms with Crippen LogP contribution in [0.25, 0.3) is 0 Å². The van der Waals surface area contributed by atoms with Crippen molar-refractivity contribution in [3.05, 3.63) is 0 Å². The molecule has 2 heterocycles. The van der Waals surface area contributed by atoms with Gasteiger partial charge in [-0.15, -0.1) is 0 Å². The van der Waals surface area contributed by atoms with Crippen molar-refractivity contribution in [2.24, 2.45) is 5.92 Å². The van der Waals surface area contributed by atoms with Gasteiger partial charge in [0.05, 0.1) is 6.61 Å². The van der Waals surface area contributed by atoms with Crippen LogP contribution in [0.4, 0.5) is 0 Å². The first-order valence-corrected chi connectivity index (χ1v) is 5.88. The summed E-state index contributed by atoms with van der Waals surface area (Å²) in [6, 6.07) is 0.100. The van der Waals surface area contributed by atoms with E-state index in [2.05, 4.69) is 5.32 Å². The average molecular weight is 242 g/mol. The second-order valence-electron chi connectivity index (χ2n) is 4.41. The van der Waals surface area contributed by atoms with Gasteiger partial charge in [-0.1, -0.05) is 0 Å². The molecule has 6 heteroatoms. The van der Waals surface area contributed by atoms with Crippen molar-refractivity contribution < 1.29 is 19.1 Å². The summed E-state index contributed by atoms with van der Waals surface area (Å²) in [5, 5.41) is 3.17. The van der Waals surface area contributed by atoms with Gasteiger partial charge in [0.25, 0.3) is 11.8 Å². The normalized spacial score (nSPS) is 27.6. The van der Waals surface area contributed by atoms with Crippen molar-refractivity contribution in [3.63, 3.8) is 0 Å². The van der Waals surface area contributed by atoms with E-state index in [1.54, 1.807) is 0 Å². The fraction of sp³-hybridized carbons (Fsp3) is 0.818. The molecule has 0 aromatic carbocycles. The van der Waals surface area contributed by atoms with E-state index in [0.717, 1.165) is 13.0 Å². The topological polar surface area (TPSA) is 67.9 Å². The van der Waals surface area contributed by atoms with Crippen molar-refractivity contribution in [3.8, 4) is 0 Å². The largest absolute Gasteiger partial charge is 0.381 e. The number of morpholine rings is 1. The van der Waals surface area contributed by atoms with Crippen LogP contribution >= 0.6 is 0 Å². The number of nitrogens with one attached hydrogen (secondary N) is 1. The number of carbonyl (C=O) groups excluding carboxylic acids is 2. The number of imide groups is 1. The quantitative estimate of drug-likeness (QED) is 0.640. The third-order valence-corrected chi connectivity index (χ3v) is 3.34. The maximum absolute atomic E-state index is 11.6. The van der Waals surface area contributed by atoms with Crippen LogP contribution < -0.4 is 5.32 Å². The van der Waals surface area contributed by atoms with Crippen molar-refractivity contribution in [2.75, 3.05) is 40.0 Å². The van der Waals surface area contributed by atoms with Crippen LogP contribution in [0.3, 0.4) is 0 Å². The lowest BCUT2D eigenvalue weighted by molar-refractivity contribution is -0.159. The monoisotopic (exact) mass is 242 g/mol. The van der Waals surface area contributed by atoms with E-state index in [0.29, 0.717) is 19.1 Å². The van der Waals surface area contributed by atoms with E-state index in [9.17, 15) is 9.59 Å². The molecule has 2 rings (SSSR count). The SMILES string of the molecule is CNC(CN1C(=O)COCC1=O)C1CCOC1. The Labute approximate surface area is 100 Å². The lowest BCUT2D eigenvalue weighted by atomic mass is 9.98. The smallest absolute Gasteiger partial charge is 0.255 e. The van der Waals surface area contributed by atoms with E-state index in [-0.39, 0.29) is 31.1 Å². The molecule has 2 saturated heterocycles. The lowest BCUT2D eigenvalue weighted by Gasteiger charge is -2.31. The summed E-state index contributed by atoms with van der Waals surface area (Å²) in [7, 11) is 1.85. The van der Waals surface area contributed by atoms with Crippen LogP contribution in [0.5, 0.6) is 0 Å². The molecule has 96 valence electrons. The molecular weight excluding hydrogens is 224 g/mol. The van der Waals surface area contributed by atoms with E-state index in [1.165, 1.54) is 4.90 Å². The minimum atomic E-state index is -0.250. The first-order valence-electron chi connectivity index (χ1n) is 5.88. The van der Waals surface area contributed by atoms with Gasteiger partial charge in [0.1, 0.15) is 13.2 Å². The third-order valence-electron chi connectivity index (χ3n) is 3.34. The highest BCUT2D eigenvalue weighted by Crippen LogP contribution is 2.18. The summed E-state index contributed by atoms with van der Waals surface area (Å²) in [6.07, 6.45) is 0.970. The summed E-state index contributed by atoms with van der Waals surface area (Å²) < 4.78 is 10.2. The first kappa shape index (κ1) is 12.5. The molecular formula is C11H18N2O4. The lowest BCUT2D eigenvalue weighted by Crippen LogP contribution is -2.53. The maximum Gasteiger partial charge on any atom is 0.255 e. The summed E-state index contributed by atoms with van der Waals surface area (Å²) >= 11 is 0. The highest BCUT2D eigenvalue weighted by atomic mass is 16.5. The van der Waals surface area contributed by atoms with Crippen LogP contribution in [-0.2, 0) is 19.1 Å². The molecule has 0 saturated carbocycles. The van der Waals surface area contributed by atoms with Gasteiger partial charge in [-0.05, 0) is 13.5 Å². The molecule has 1 N–H and O–H groups in total. The predicted octanol–water partition coefficient (Wildman–Crippen LogP) is -1.00. The molecule has 2 fully saturated rings. The molecule has 0 aliphatic carbocycles.